The Morgan fingerprint density at radius 2 is 1.80 bits per heavy atom. The molecule has 3 aliphatic rings. The van der Waals surface area contributed by atoms with Crippen molar-refractivity contribution in [1.82, 2.24) is 0 Å². The van der Waals surface area contributed by atoms with Crippen molar-refractivity contribution in [2.24, 2.45) is 17.8 Å². The summed E-state index contributed by atoms with van der Waals surface area (Å²) in [6, 6.07) is 4.12. The van der Waals surface area contributed by atoms with Crippen molar-refractivity contribution < 1.29 is 9.13 Å². The van der Waals surface area contributed by atoms with Gasteiger partial charge in [0.2, 0.25) is 0 Å². The maximum atomic E-state index is 14.9. The fourth-order valence-electron chi connectivity index (χ4n) is 5.81. The van der Waals surface area contributed by atoms with E-state index in [1.807, 2.05) is 6.07 Å². The van der Waals surface area contributed by atoms with E-state index in [1.165, 1.54) is 49.7 Å². The van der Waals surface area contributed by atoms with Crippen LogP contribution in [0.25, 0.3) is 0 Å². The minimum atomic E-state index is 0.0688. The molecule has 1 aromatic carbocycles. The Bertz CT molecular complexity index is 610. The topological polar surface area (TPSA) is 9.23 Å². The molecule has 0 bridgehead atoms. The smallest absolute Gasteiger partial charge is 0.126 e. The highest BCUT2D eigenvalue weighted by atomic mass is 19.1. The fraction of sp³-hybridized carbons (Fsp3) is 0.739. The number of hydrogen-bond donors (Lipinski definition) is 0. The monoisotopic (exact) mass is 344 g/mol. The number of rotatable bonds is 3. The molecule has 5 unspecified atom stereocenters. The molecule has 0 heterocycles. The van der Waals surface area contributed by atoms with E-state index in [4.69, 9.17) is 4.74 Å². The second-order valence-corrected chi connectivity index (χ2v) is 8.91. The van der Waals surface area contributed by atoms with Crippen molar-refractivity contribution in [3.8, 4) is 0 Å². The van der Waals surface area contributed by atoms with E-state index < -0.39 is 0 Å². The molecule has 3 aliphatic carbocycles. The molecule has 4 rings (SSSR count). The van der Waals surface area contributed by atoms with E-state index in [2.05, 4.69) is 19.9 Å². The first kappa shape index (κ1) is 17.5. The van der Waals surface area contributed by atoms with Crippen molar-refractivity contribution in [1.29, 1.82) is 0 Å². The van der Waals surface area contributed by atoms with Gasteiger partial charge in [-0.15, -0.1) is 0 Å². The molecule has 1 nitrogen and oxygen atoms in total. The van der Waals surface area contributed by atoms with E-state index in [-0.39, 0.29) is 5.82 Å². The summed E-state index contributed by atoms with van der Waals surface area (Å²) < 4.78 is 20.7. The highest BCUT2D eigenvalue weighted by molar-refractivity contribution is 5.37. The number of ether oxygens (including phenoxy) is 1. The fourth-order valence-corrected chi connectivity index (χ4v) is 5.81. The summed E-state index contributed by atoms with van der Waals surface area (Å²) in [4.78, 5) is 0. The highest BCUT2D eigenvalue weighted by Gasteiger charge is 2.37. The van der Waals surface area contributed by atoms with Gasteiger partial charge < -0.3 is 4.74 Å². The lowest BCUT2D eigenvalue weighted by Gasteiger charge is -2.42. The zero-order valence-electron chi connectivity index (χ0n) is 15.9. The maximum absolute atomic E-state index is 14.9. The Morgan fingerprint density at radius 1 is 1.00 bits per heavy atom. The van der Waals surface area contributed by atoms with E-state index in [0.29, 0.717) is 17.9 Å². The molecular formula is C23H33FO. The van der Waals surface area contributed by atoms with Gasteiger partial charge in [-0.3, -0.25) is 0 Å². The molecule has 2 heteroatoms. The standard InChI is InChI=1S/C23H33FO/c1-3-25-21-9-8-16-11-19(7-6-17(16)12-21)22-13-18-5-4-15(2)10-20(18)14-23(22)24/h13-17,19,21H,3-12H2,1-2H3. The molecule has 0 radical (unpaired) electrons. The average Bonchev–Trinajstić information content (AvgIpc) is 2.61. The number of aryl methyl sites for hydroxylation is 1. The van der Waals surface area contributed by atoms with Crippen LogP contribution in [-0.4, -0.2) is 12.7 Å². The van der Waals surface area contributed by atoms with Crippen LogP contribution in [0.3, 0.4) is 0 Å². The van der Waals surface area contributed by atoms with Gasteiger partial charge in [0.1, 0.15) is 5.82 Å². The summed E-state index contributed by atoms with van der Waals surface area (Å²) in [6.07, 6.45) is 11.2. The predicted molar refractivity (Wildman–Crippen MR) is 100 cm³/mol. The van der Waals surface area contributed by atoms with Crippen LogP contribution in [0.1, 0.15) is 81.4 Å². The SMILES string of the molecule is CCOC1CCC2CC(c3cc4c(cc3F)CC(C)CC4)CCC2C1. The molecule has 0 spiro atoms. The molecule has 0 aliphatic heterocycles. The lowest BCUT2D eigenvalue weighted by Crippen LogP contribution is -2.34. The van der Waals surface area contributed by atoms with Crippen LogP contribution >= 0.6 is 0 Å². The molecule has 0 aromatic heterocycles. The molecule has 0 N–H and O–H groups in total. The maximum Gasteiger partial charge on any atom is 0.126 e. The van der Waals surface area contributed by atoms with Gasteiger partial charge >= 0.3 is 0 Å². The van der Waals surface area contributed by atoms with Gasteiger partial charge in [-0.1, -0.05) is 13.0 Å². The molecule has 0 saturated heterocycles. The molecule has 5 atom stereocenters. The summed E-state index contributed by atoms with van der Waals surface area (Å²) in [6.45, 7) is 5.22. The van der Waals surface area contributed by atoms with E-state index in [0.717, 1.165) is 43.3 Å². The van der Waals surface area contributed by atoms with Crippen molar-refractivity contribution in [3.63, 3.8) is 0 Å². The lowest BCUT2D eigenvalue weighted by molar-refractivity contribution is -0.00969. The van der Waals surface area contributed by atoms with Crippen LogP contribution in [0.4, 0.5) is 4.39 Å². The Hall–Kier alpha value is -0.890. The third kappa shape index (κ3) is 3.65. The summed E-state index contributed by atoms with van der Waals surface area (Å²) in [5.41, 5.74) is 3.72. The van der Waals surface area contributed by atoms with Crippen LogP contribution < -0.4 is 0 Å². The van der Waals surface area contributed by atoms with Gasteiger partial charge in [-0.05, 0) is 111 Å². The molecule has 0 amide bonds. The van der Waals surface area contributed by atoms with E-state index in [9.17, 15) is 4.39 Å². The first-order valence-electron chi connectivity index (χ1n) is 10.6. The largest absolute Gasteiger partial charge is 0.378 e. The Kier molecular flexibility index (Phi) is 5.18. The highest BCUT2D eigenvalue weighted by Crippen LogP contribution is 2.47. The zero-order chi connectivity index (χ0) is 17.4. The summed E-state index contributed by atoms with van der Waals surface area (Å²) in [5.74, 6) is 2.80. The second kappa shape index (κ2) is 7.39. The first-order valence-corrected chi connectivity index (χ1v) is 10.6. The van der Waals surface area contributed by atoms with Gasteiger partial charge in [-0.25, -0.2) is 4.39 Å². The van der Waals surface area contributed by atoms with Crippen LogP contribution in [-0.2, 0) is 17.6 Å². The quantitative estimate of drug-likeness (QED) is 0.649. The average molecular weight is 345 g/mol. The van der Waals surface area contributed by atoms with Crippen LogP contribution in [0, 0.1) is 23.6 Å². The predicted octanol–water partition coefficient (Wildman–Crippen LogP) is 6.04. The number of hydrogen-bond acceptors (Lipinski definition) is 1. The second-order valence-electron chi connectivity index (χ2n) is 8.91. The van der Waals surface area contributed by atoms with Gasteiger partial charge in [0.25, 0.3) is 0 Å². The lowest BCUT2D eigenvalue weighted by atomic mass is 9.65. The van der Waals surface area contributed by atoms with Crippen molar-refractivity contribution in [2.75, 3.05) is 6.61 Å². The molecular weight excluding hydrogens is 311 g/mol. The Labute approximate surface area is 152 Å². The van der Waals surface area contributed by atoms with Gasteiger partial charge in [-0.2, -0.15) is 0 Å². The van der Waals surface area contributed by atoms with Crippen LogP contribution in [0.5, 0.6) is 0 Å². The van der Waals surface area contributed by atoms with Crippen LogP contribution in [0.2, 0.25) is 0 Å². The molecule has 2 fully saturated rings. The third-order valence-electron chi connectivity index (χ3n) is 7.20. The first-order chi connectivity index (χ1) is 12.1. The Balaban J connectivity index is 1.47. The van der Waals surface area contributed by atoms with Gasteiger partial charge in [0.05, 0.1) is 6.10 Å². The molecule has 2 saturated carbocycles. The van der Waals surface area contributed by atoms with Gasteiger partial charge in [0.15, 0.2) is 0 Å². The number of halogens is 1. The van der Waals surface area contributed by atoms with Gasteiger partial charge in [0, 0.05) is 6.61 Å². The van der Waals surface area contributed by atoms with Crippen molar-refractivity contribution in [2.45, 2.75) is 83.7 Å². The molecule has 1 aromatic rings. The van der Waals surface area contributed by atoms with E-state index in [1.54, 1.807) is 0 Å². The molecule has 138 valence electrons. The summed E-state index contributed by atoms with van der Waals surface area (Å²) >= 11 is 0. The van der Waals surface area contributed by atoms with Crippen molar-refractivity contribution in [3.05, 3.63) is 34.6 Å². The minimum Gasteiger partial charge on any atom is -0.378 e. The Morgan fingerprint density at radius 3 is 2.64 bits per heavy atom. The van der Waals surface area contributed by atoms with E-state index >= 15 is 0 Å². The number of benzene rings is 1. The number of fused-ring (bicyclic) bond motifs is 2. The third-order valence-corrected chi connectivity index (χ3v) is 7.20. The zero-order valence-corrected chi connectivity index (χ0v) is 15.9. The minimum absolute atomic E-state index is 0.0688. The summed E-state index contributed by atoms with van der Waals surface area (Å²) in [5, 5.41) is 0. The normalized spacial score (nSPS) is 35.1. The van der Waals surface area contributed by atoms with Crippen LogP contribution in [0.15, 0.2) is 12.1 Å². The molecule has 25 heavy (non-hydrogen) atoms. The van der Waals surface area contributed by atoms with Crippen molar-refractivity contribution >= 4 is 0 Å². The summed E-state index contributed by atoms with van der Waals surface area (Å²) in [7, 11) is 0.